The van der Waals surface area contributed by atoms with E-state index in [4.69, 9.17) is 15.6 Å². The fourth-order valence-electron chi connectivity index (χ4n) is 1.56. The van der Waals surface area contributed by atoms with Gasteiger partial charge < -0.3 is 15.6 Å². The predicted molar refractivity (Wildman–Crippen MR) is 68.8 cm³/mol. The van der Waals surface area contributed by atoms with Crippen LogP contribution in [0.5, 0.6) is 5.75 Å². The molecule has 16 heavy (non-hydrogen) atoms. The molecule has 0 aliphatic rings. The molecule has 4 heteroatoms. The average Bonchev–Trinajstić information content (AvgIpc) is 2.26. The number of hydrogen-bond donors (Lipinski definition) is 2. The maximum atomic E-state index is 9.13. The van der Waals surface area contributed by atoms with Crippen LogP contribution in [0.1, 0.15) is 36.9 Å². The summed E-state index contributed by atoms with van der Waals surface area (Å²) < 4.78 is 6.17. The quantitative estimate of drug-likeness (QED) is 0.895. The molecule has 0 aliphatic carbocycles. The zero-order valence-electron chi connectivity index (χ0n) is 9.83. The number of ether oxygens (including phenoxy) is 1. The van der Waals surface area contributed by atoms with Gasteiger partial charge in [0.2, 0.25) is 0 Å². The molecule has 0 radical (unpaired) electrons. The molecule has 0 amide bonds. The van der Waals surface area contributed by atoms with Gasteiger partial charge in [-0.15, -0.1) is 0 Å². The number of aliphatic hydroxyl groups excluding tert-OH is 1. The maximum Gasteiger partial charge on any atom is 0.137 e. The minimum absolute atomic E-state index is 0.0929. The van der Waals surface area contributed by atoms with Gasteiger partial charge in [0.05, 0.1) is 24.2 Å². The number of aliphatic hydroxyl groups is 1. The van der Waals surface area contributed by atoms with Crippen molar-refractivity contribution in [3.05, 3.63) is 27.7 Å². The first-order chi connectivity index (χ1) is 7.51. The Kier molecular flexibility index (Phi) is 4.77. The molecule has 0 fully saturated rings. The Morgan fingerprint density at radius 2 is 2.06 bits per heavy atom. The number of rotatable bonds is 4. The van der Waals surface area contributed by atoms with Crippen molar-refractivity contribution in [2.75, 3.05) is 13.7 Å². The van der Waals surface area contributed by atoms with E-state index in [1.54, 1.807) is 7.11 Å². The van der Waals surface area contributed by atoms with Crippen LogP contribution in [0, 0.1) is 0 Å². The van der Waals surface area contributed by atoms with Gasteiger partial charge in [-0.25, -0.2) is 0 Å². The fourth-order valence-corrected chi connectivity index (χ4v) is 2.21. The lowest BCUT2D eigenvalue weighted by molar-refractivity contribution is 0.264. The molecule has 0 saturated heterocycles. The van der Waals surface area contributed by atoms with Crippen molar-refractivity contribution in [3.63, 3.8) is 0 Å². The van der Waals surface area contributed by atoms with E-state index in [1.807, 2.05) is 12.1 Å². The Bertz CT molecular complexity index is 366. The topological polar surface area (TPSA) is 55.5 Å². The first-order valence-electron chi connectivity index (χ1n) is 5.25. The van der Waals surface area contributed by atoms with Crippen molar-refractivity contribution in [2.45, 2.75) is 25.8 Å². The second-order valence-electron chi connectivity index (χ2n) is 4.07. The summed E-state index contributed by atoms with van der Waals surface area (Å²) in [5.74, 6) is 1.11. The van der Waals surface area contributed by atoms with Gasteiger partial charge in [0.15, 0.2) is 0 Å². The van der Waals surface area contributed by atoms with Gasteiger partial charge in [-0.2, -0.15) is 0 Å². The third-order valence-corrected chi connectivity index (χ3v) is 3.15. The summed E-state index contributed by atoms with van der Waals surface area (Å²) >= 11 is 3.46. The van der Waals surface area contributed by atoms with Crippen LogP contribution in [-0.2, 0) is 0 Å². The predicted octanol–water partition coefficient (Wildman–Crippen LogP) is 2.57. The molecule has 3 nitrogen and oxygen atoms in total. The van der Waals surface area contributed by atoms with Crippen LogP contribution < -0.4 is 10.5 Å². The summed E-state index contributed by atoms with van der Waals surface area (Å²) in [6.45, 7) is 4.13. The minimum atomic E-state index is -0.412. The van der Waals surface area contributed by atoms with E-state index in [0.29, 0.717) is 11.7 Å². The van der Waals surface area contributed by atoms with E-state index in [0.717, 1.165) is 10.0 Å². The highest BCUT2D eigenvalue weighted by molar-refractivity contribution is 9.10. The second-order valence-corrected chi connectivity index (χ2v) is 4.92. The van der Waals surface area contributed by atoms with Crippen LogP contribution in [0.15, 0.2) is 16.6 Å². The van der Waals surface area contributed by atoms with Crippen LogP contribution in [0.2, 0.25) is 0 Å². The molecule has 1 aromatic rings. The molecule has 1 atom stereocenters. The van der Waals surface area contributed by atoms with Crippen LogP contribution in [0.3, 0.4) is 0 Å². The first kappa shape index (κ1) is 13.5. The van der Waals surface area contributed by atoms with Gasteiger partial charge in [0, 0.05) is 5.56 Å². The summed E-state index contributed by atoms with van der Waals surface area (Å²) in [5.41, 5.74) is 7.87. The van der Waals surface area contributed by atoms with Crippen LogP contribution in [0.4, 0.5) is 0 Å². The SMILES string of the molecule is COc1c(Br)cc(C(C)C)cc1C(N)CO. The molecule has 0 aromatic heterocycles. The molecule has 0 aliphatic heterocycles. The lowest BCUT2D eigenvalue weighted by Crippen LogP contribution is -2.16. The van der Waals surface area contributed by atoms with Crippen LogP contribution >= 0.6 is 15.9 Å². The highest BCUT2D eigenvalue weighted by Crippen LogP contribution is 2.35. The Balaban J connectivity index is 3.30. The summed E-state index contributed by atoms with van der Waals surface area (Å²) in [7, 11) is 1.60. The number of nitrogens with two attached hydrogens (primary N) is 1. The van der Waals surface area contributed by atoms with Gasteiger partial charge in [-0.3, -0.25) is 0 Å². The van der Waals surface area contributed by atoms with Gasteiger partial charge in [-0.1, -0.05) is 19.9 Å². The van der Waals surface area contributed by atoms with Gasteiger partial charge in [0.25, 0.3) is 0 Å². The van der Waals surface area contributed by atoms with E-state index in [-0.39, 0.29) is 6.61 Å². The highest BCUT2D eigenvalue weighted by Gasteiger charge is 2.16. The molecule has 0 heterocycles. The number of benzene rings is 1. The first-order valence-corrected chi connectivity index (χ1v) is 6.04. The molecule has 1 rings (SSSR count). The Labute approximate surface area is 105 Å². The average molecular weight is 288 g/mol. The molecule has 3 N–H and O–H groups in total. The van der Waals surface area contributed by atoms with Crippen LogP contribution in [-0.4, -0.2) is 18.8 Å². The van der Waals surface area contributed by atoms with Gasteiger partial charge >= 0.3 is 0 Å². The standard InChI is InChI=1S/C12H18BrNO2/c1-7(2)8-4-9(11(14)6-15)12(16-3)10(13)5-8/h4-5,7,11,15H,6,14H2,1-3H3. The monoisotopic (exact) mass is 287 g/mol. The third kappa shape index (κ3) is 2.75. The maximum absolute atomic E-state index is 9.13. The van der Waals surface area contributed by atoms with Crippen molar-refractivity contribution in [3.8, 4) is 5.75 Å². The molecule has 0 spiro atoms. The summed E-state index contributed by atoms with van der Waals surface area (Å²) in [5, 5.41) is 9.13. The lowest BCUT2D eigenvalue weighted by Gasteiger charge is -2.18. The Morgan fingerprint density at radius 1 is 1.44 bits per heavy atom. The summed E-state index contributed by atoms with van der Waals surface area (Å²) in [6.07, 6.45) is 0. The zero-order chi connectivity index (χ0) is 12.3. The largest absolute Gasteiger partial charge is 0.495 e. The minimum Gasteiger partial charge on any atom is -0.495 e. The molecule has 0 bridgehead atoms. The Hall–Kier alpha value is -0.580. The van der Waals surface area contributed by atoms with Crippen molar-refractivity contribution in [1.82, 2.24) is 0 Å². The number of halogens is 1. The molecule has 1 unspecified atom stereocenters. The fraction of sp³-hybridized carbons (Fsp3) is 0.500. The third-order valence-electron chi connectivity index (χ3n) is 2.56. The second kappa shape index (κ2) is 5.66. The highest BCUT2D eigenvalue weighted by atomic mass is 79.9. The molecule has 90 valence electrons. The van der Waals surface area contributed by atoms with Gasteiger partial charge in [0.1, 0.15) is 5.75 Å². The molecular weight excluding hydrogens is 270 g/mol. The smallest absolute Gasteiger partial charge is 0.137 e. The molecule has 1 aromatic carbocycles. The van der Waals surface area contributed by atoms with Crippen LogP contribution in [0.25, 0.3) is 0 Å². The Morgan fingerprint density at radius 3 is 2.50 bits per heavy atom. The van der Waals surface area contributed by atoms with E-state index < -0.39 is 6.04 Å². The summed E-state index contributed by atoms with van der Waals surface area (Å²) in [6, 6.07) is 3.61. The number of methoxy groups -OCH3 is 1. The van der Waals surface area contributed by atoms with Crippen molar-refractivity contribution >= 4 is 15.9 Å². The lowest BCUT2D eigenvalue weighted by atomic mass is 9.97. The van der Waals surface area contributed by atoms with Crippen molar-refractivity contribution in [1.29, 1.82) is 0 Å². The summed E-state index contributed by atoms with van der Waals surface area (Å²) in [4.78, 5) is 0. The normalized spacial score (nSPS) is 12.9. The zero-order valence-corrected chi connectivity index (χ0v) is 11.4. The van der Waals surface area contributed by atoms with E-state index in [9.17, 15) is 0 Å². The van der Waals surface area contributed by atoms with E-state index in [2.05, 4.69) is 29.8 Å². The molecule has 0 saturated carbocycles. The van der Waals surface area contributed by atoms with Gasteiger partial charge in [-0.05, 0) is 33.5 Å². The van der Waals surface area contributed by atoms with E-state index in [1.165, 1.54) is 5.56 Å². The van der Waals surface area contributed by atoms with Crippen molar-refractivity contribution in [2.24, 2.45) is 5.73 Å². The molecular formula is C12H18BrNO2. The van der Waals surface area contributed by atoms with E-state index >= 15 is 0 Å². The van der Waals surface area contributed by atoms with Crippen molar-refractivity contribution < 1.29 is 9.84 Å². The number of hydrogen-bond acceptors (Lipinski definition) is 3.